The molecule has 0 bridgehead atoms. The summed E-state index contributed by atoms with van der Waals surface area (Å²) in [5.74, 6) is 2.69. The van der Waals surface area contributed by atoms with Gasteiger partial charge in [-0.1, -0.05) is 13.0 Å². The largest absolute Gasteiger partial charge is 0.353 e. The van der Waals surface area contributed by atoms with Gasteiger partial charge in [0.25, 0.3) is 0 Å². The van der Waals surface area contributed by atoms with Gasteiger partial charge in [-0.25, -0.2) is 9.97 Å². The van der Waals surface area contributed by atoms with Crippen molar-refractivity contribution in [1.82, 2.24) is 15.0 Å². The average Bonchev–Trinajstić information content (AvgIpc) is 3.05. The van der Waals surface area contributed by atoms with E-state index in [1.165, 1.54) is 36.3 Å². The van der Waals surface area contributed by atoms with Crippen LogP contribution in [-0.2, 0) is 12.8 Å². The summed E-state index contributed by atoms with van der Waals surface area (Å²) >= 11 is 0. The highest BCUT2D eigenvalue weighted by atomic mass is 15.2. The minimum atomic E-state index is 0.558. The zero-order chi connectivity index (χ0) is 15.8. The standard InChI is InChI=1S/C19H24N4/c1-13-9-10-14(2)23(12-13)19-15-6-5-8-16(15)21-18(22-19)17-7-3-4-11-20-17/h3-4,7,11,13-14H,5-6,8-10,12H2,1-2H3. The van der Waals surface area contributed by atoms with Gasteiger partial charge in [-0.2, -0.15) is 0 Å². The molecule has 1 aliphatic carbocycles. The van der Waals surface area contributed by atoms with E-state index in [0.717, 1.165) is 36.8 Å². The number of fused-ring (bicyclic) bond motifs is 1. The topological polar surface area (TPSA) is 41.9 Å². The van der Waals surface area contributed by atoms with E-state index in [2.05, 4.69) is 23.7 Å². The fourth-order valence-electron chi connectivity index (χ4n) is 3.84. The van der Waals surface area contributed by atoms with E-state index in [1.54, 1.807) is 0 Å². The summed E-state index contributed by atoms with van der Waals surface area (Å²) in [6, 6.07) is 6.50. The predicted molar refractivity (Wildman–Crippen MR) is 92.5 cm³/mol. The molecule has 1 saturated heterocycles. The van der Waals surface area contributed by atoms with E-state index >= 15 is 0 Å². The molecule has 23 heavy (non-hydrogen) atoms. The molecule has 4 nitrogen and oxygen atoms in total. The molecule has 120 valence electrons. The summed E-state index contributed by atoms with van der Waals surface area (Å²) in [4.78, 5) is 16.8. The Kier molecular flexibility index (Phi) is 3.76. The zero-order valence-electron chi connectivity index (χ0n) is 14.0. The second-order valence-corrected chi connectivity index (χ2v) is 7.05. The fraction of sp³-hybridized carbons (Fsp3) is 0.526. The van der Waals surface area contributed by atoms with Crippen LogP contribution in [0.25, 0.3) is 11.5 Å². The van der Waals surface area contributed by atoms with Crippen molar-refractivity contribution in [3.05, 3.63) is 35.7 Å². The second kappa shape index (κ2) is 5.91. The van der Waals surface area contributed by atoms with E-state index in [-0.39, 0.29) is 0 Å². The van der Waals surface area contributed by atoms with Crippen LogP contribution in [-0.4, -0.2) is 27.5 Å². The monoisotopic (exact) mass is 308 g/mol. The van der Waals surface area contributed by atoms with Crippen molar-refractivity contribution in [2.75, 3.05) is 11.4 Å². The van der Waals surface area contributed by atoms with Gasteiger partial charge in [0.05, 0.1) is 0 Å². The fourth-order valence-corrected chi connectivity index (χ4v) is 3.84. The minimum absolute atomic E-state index is 0.558. The Morgan fingerprint density at radius 1 is 1.09 bits per heavy atom. The van der Waals surface area contributed by atoms with Crippen molar-refractivity contribution >= 4 is 5.82 Å². The van der Waals surface area contributed by atoms with Crippen LogP contribution in [0.1, 0.15) is 44.4 Å². The first-order chi connectivity index (χ1) is 11.2. The maximum atomic E-state index is 4.98. The molecular weight excluding hydrogens is 284 g/mol. The van der Waals surface area contributed by atoms with Crippen molar-refractivity contribution in [2.45, 2.75) is 52.0 Å². The Balaban J connectivity index is 1.81. The molecule has 4 rings (SSSR count). The van der Waals surface area contributed by atoms with Gasteiger partial charge in [0.15, 0.2) is 5.82 Å². The maximum absolute atomic E-state index is 4.98. The van der Waals surface area contributed by atoms with Crippen molar-refractivity contribution in [2.24, 2.45) is 5.92 Å². The first-order valence-corrected chi connectivity index (χ1v) is 8.80. The molecule has 0 spiro atoms. The van der Waals surface area contributed by atoms with E-state index in [0.29, 0.717) is 6.04 Å². The Morgan fingerprint density at radius 2 is 2.00 bits per heavy atom. The Bertz CT molecular complexity index is 698. The number of anilines is 1. The third kappa shape index (κ3) is 2.71. The van der Waals surface area contributed by atoms with Crippen molar-refractivity contribution in [3.8, 4) is 11.5 Å². The SMILES string of the molecule is CC1CCC(C)N(c2nc(-c3ccccn3)nc3c2CCC3)C1. The molecule has 2 aromatic rings. The minimum Gasteiger partial charge on any atom is -0.353 e. The number of nitrogens with zero attached hydrogens (tertiary/aromatic N) is 4. The molecule has 3 heterocycles. The van der Waals surface area contributed by atoms with Gasteiger partial charge in [-0.15, -0.1) is 0 Å². The van der Waals surface area contributed by atoms with E-state index in [4.69, 9.17) is 9.97 Å². The Labute approximate surface area is 138 Å². The quantitative estimate of drug-likeness (QED) is 0.849. The summed E-state index contributed by atoms with van der Waals surface area (Å²) in [5.41, 5.74) is 3.49. The predicted octanol–water partition coefficient (Wildman–Crippen LogP) is 3.65. The molecule has 2 atom stereocenters. The van der Waals surface area contributed by atoms with Crippen molar-refractivity contribution in [1.29, 1.82) is 0 Å². The molecule has 0 aromatic carbocycles. The molecule has 1 fully saturated rings. The third-order valence-corrected chi connectivity index (χ3v) is 5.19. The Morgan fingerprint density at radius 3 is 2.83 bits per heavy atom. The van der Waals surface area contributed by atoms with Crippen LogP contribution in [0.5, 0.6) is 0 Å². The van der Waals surface area contributed by atoms with Gasteiger partial charge in [0.2, 0.25) is 0 Å². The van der Waals surface area contributed by atoms with Gasteiger partial charge in [-0.3, -0.25) is 4.98 Å². The number of pyridine rings is 1. The molecule has 2 unspecified atom stereocenters. The molecular formula is C19H24N4. The van der Waals surface area contributed by atoms with Crippen LogP contribution in [0.4, 0.5) is 5.82 Å². The first-order valence-electron chi connectivity index (χ1n) is 8.80. The summed E-state index contributed by atoms with van der Waals surface area (Å²) in [6.45, 7) is 5.78. The lowest BCUT2D eigenvalue weighted by Gasteiger charge is -2.38. The van der Waals surface area contributed by atoms with Gasteiger partial charge in [0.1, 0.15) is 11.5 Å². The lowest BCUT2D eigenvalue weighted by Crippen LogP contribution is -2.42. The highest BCUT2D eigenvalue weighted by Gasteiger charge is 2.29. The third-order valence-electron chi connectivity index (χ3n) is 5.19. The summed E-state index contributed by atoms with van der Waals surface area (Å²) < 4.78 is 0. The molecule has 0 radical (unpaired) electrons. The van der Waals surface area contributed by atoms with Crippen LogP contribution in [0.3, 0.4) is 0 Å². The van der Waals surface area contributed by atoms with E-state index < -0.39 is 0 Å². The average molecular weight is 308 g/mol. The van der Waals surface area contributed by atoms with Gasteiger partial charge >= 0.3 is 0 Å². The number of hydrogen-bond acceptors (Lipinski definition) is 4. The maximum Gasteiger partial charge on any atom is 0.180 e. The first kappa shape index (κ1) is 14.6. The Hall–Kier alpha value is -1.97. The van der Waals surface area contributed by atoms with Crippen LogP contribution in [0.2, 0.25) is 0 Å². The van der Waals surface area contributed by atoms with Gasteiger partial charge in [0, 0.05) is 30.0 Å². The molecule has 0 saturated carbocycles. The van der Waals surface area contributed by atoms with Crippen LogP contribution >= 0.6 is 0 Å². The number of aryl methyl sites for hydroxylation is 1. The molecule has 2 aliphatic rings. The zero-order valence-corrected chi connectivity index (χ0v) is 14.0. The van der Waals surface area contributed by atoms with Crippen LogP contribution in [0.15, 0.2) is 24.4 Å². The van der Waals surface area contributed by atoms with E-state index in [9.17, 15) is 0 Å². The van der Waals surface area contributed by atoms with Crippen LogP contribution in [0, 0.1) is 5.92 Å². The van der Waals surface area contributed by atoms with Crippen molar-refractivity contribution in [3.63, 3.8) is 0 Å². The van der Waals surface area contributed by atoms with Gasteiger partial charge < -0.3 is 4.90 Å². The second-order valence-electron chi connectivity index (χ2n) is 7.05. The van der Waals surface area contributed by atoms with E-state index in [1.807, 2.05) is 24.4 Å². The summed E-state index contributed by atoms with van der Waals surface area (Å²) in [5, 5.41) is 0. The molecule has 0 N–H and O–H groups in total. The van der Waals surface area contributed by atoms with Crippen LogP contribution < -0.4 is 4.90 Å². The number of piperidine rings is 1. The normalized spacial score (nSPS) is 23.8. The van der Waals surface area contributed by atoms with Crippen molar-refractivity contribution < 1.29 is 0 Å². The molecule has 4 heteroatoms. The molecule has 0 amide bonds. The summed E-state index contributed by atoms with van der Waals surface area (Å²) in [7, 11) is 0. The molecule has 2 aromatic heterocycles. The highest BCUT2D eigenvalue weighted by molar-refractivity contribution is 5.59. The lowest BCUT2D eigenvalue weighted by molar-refractivity contribution is 0.387. The number of rotatable bonds is 2. The number of hydrogen-bond donors (Lipinski definition) is 0. The highest BCUT2D eigenvalue weighted by Crippen LogP contribution is 2.35. The van der Waals surface area contributed by atoms with Gasteiger partial charge in [-0.05, 0) is 57.1 Å². The summed E-state index contributed by atoms with van der Waals surface area (Å²) in [6.07, 6.45) is 7.77. The lowest BCUT2D eigenvalue weighted by atomic mass is 9.94. The smallest absolute Gasteiger partial charge is 0.180 e. The molecule has 1 aliphatic heterocycles. The number of aromatic nitrogens is 3.